The number of aryl methyl sites for hydroxylation is 2. The van der Waals surface area contributed by atoms with E-state index in [4.69, 9.17) is 4.74 Å². The first-order valence-electron chi connectivity index (χ1n) is 10.7. The topological polar surface area (TPSA) is 87.7 Å². The molecule has 1 aliphatic rings. The molecule has 0 saturated carbocycles. The highest BCUT2D eigenvalue weighted by Gasteiger charge is 2.34. The first kappa shape index (κ1) is 22.1. The number of urea groups is 1. The SMILES string of the molecule is Cc1ccc(C)c(NC(=O)CN2C(=O)C[C@@H](c3cccc(Oc4ccccc4)c3)NC2=O)c1. The molecule has 0 unspecified atom stereocenters. The van der Waals surface area contributed by atoms with Crippen molar-refractivity contribution in [2.24, 2.45) is 0 Å². The molecule has 1 heterocycles. The lowest BCUT2D eigenvalue weighted by atomic mass is 10.0. The van der Waals surface area contributed by atoms with E-state index in [0.29, 0.717) is 17.2 Å². The summed E-state index contributed by atoms with van der Waals surface area (Å²) >= 11 is 0. The fourth-order valence-corrected chi connectivity index (χ4v) is 3.66. The summed E-state index contributed by atoms with van der Waals surface area (Å²) in [4.78, 5) is 38.8. The Bertz CT molecular complexity index is 1180. The van der Waals surface area contributed by atoms with Crippen LogP contribution < -0.4 is 15.4 Å². The molecular formula is C26H25N3O4. The van der Waals surface area contributed by atoms with E-state index in [-0.39, 0.29) is 13.0 Å². The van der Waals surface area contributed by atoms with Crippen LogP contribution in [0.2, 0.25) is 0 Å². The third kappa shape index (κ3) is 5.38. The predicted molar refractivity (Wildman–Crippen MR) is 125 cm³/mol. The third-order valence-corrected chi connectivity index (χ3v) is 5.43. The monoisotopic (exact) mass is 443 g/mol. The molecule has 0 aliphatic carbocycles. The Morgan fingerprint density at radius 2 is 1.76 bits per heavy atom. The van der Waals surface area contributed by atoms with Crippen LogP contribution in [0.5, 0.6) is 11.5 Å². The average Bonchev–Trinajstić information content (AvgIpc) is 2.79. The lowest BCUT2D eigenvalue weighted by Crippen LogP contribution is -2.53. The number of benzene rings is 3. The summed E-state index contributed by atoms with van der Waals surface area (Å²) in [5.41, 5.74) is 3.33. The third-order valence-electron chi connectivity index (χ3n) is 5.43. The number of amides is 4. The number of ether oxygens (including phenoxy) is 1. The highest BCUT2D eigenvalue weighted by Crippen LogP contribution is 2.28. The average molecular weight is 444 g/mol. The summed E-state index contributed by atoms with van der Waals surface area (Å²) in [5, 5.41) is 5.61. The molecular weight excluding hydrogens is 418 g/mol. The molecule has 0 aromatic heterocycles. The van der Waals surface area contributed by atoms with Gasteiger partial charge in [0.15, 0.2) is 0 Å². The maximum absolute atomic E-state index is 12.7. The minimum atomic E-state index is -0.596. The van der Waals surface area contributed by atoms with Crippen LogP contribution in [0, 0.1) is 13.8 Å². The normalized spacial score (nSPS) is 15.7. The van der Waals surface area contributed by atoms with Crippen molar-refractivity contribution in [3.63, 3.8) is 0 Å². The van der Waals surface area contributed by atoms with Gasteiger partial charge in [0.2, 0.25) is 11.8 Å². The number of rotatable bonds is 6. The van der Waals surface area contributed by atoms with Crippen molar-refractivity contribution >= 4 is 23.5 Å². The summed E-state index contributed by atoms with van der Waals surface area (Å²) < 4.78 is 5.85. The smallest absolute Gasteiger partial charge is 0.325 e. The number of imide groups is 1. The summed E-state index contributed by atoms with van der Waals surface area (Å²) in [6, 6.07) is 21.2. The Hall–Kier alpha value is -4.13. The van der Waals surface area contributed by atoms with E-state index in [0.717, 1.165) is 21.6 Å². The Morgan fingerprint density at radius 3 is 2.52 bits per heavy atom. The van der Waals surface area contributed by atoms with Gasteiger partial charge in [-0.2, -0.15) is 0 Å². The molecule has 3 aromatic carbocycles. The molecule has 3 aromatic rings. The van der Waals surface area contributed by atoms with Gasteiger partial charge in [-0.15, -0.1) is 0 Å². The first-order valence-corrected chi connectivity index (χ1v) is 10.7. The zero-order valence-electron chi connectivity index (χ0n) is 18.5. The van der Waals surface area contributed by atoms with Gasteiger partial charge in [-0.25, -0.2) is 4.79 Å². The molecule has 0 bridgehead atoms. The summed E-state index contributed by atoms with van der Waals surface area (Å²) in [7, 11) is 0. The van der Waals surface area contributed by atoms with Gasteiger partial charge in [0.1, 0.15) is 18.0 Å². The molecule has 2 N–H and O–H groups in total. The van der Waals surface area contributed by atoms with Crippen LogP contribution in [0.3, 0.4) is 0 Å². The Kier molecular flexibility index (Phi) is 6.40. The van der Waals surface area contributed by atoms with E-state index < -0.39 is 23.9 Å². The van der Waals surface area contributed by atoms with E-state index in [2.05, 4.69) is 10.6 Å². The van der Waals surface area contributed by atoms with E-state index in [1.54, 1.807) is 6.07 Å². The molecule has 7 heteroatoms. The van der Waals surface area contributed by atoms with Crippen molar-refractivity contribution in [3.05, 3.63) is 89.5 Å². The van der Waals surface area contributed by atoms with Gasteiger partial charge in [-0.1, -0.05) is 42.5 Å². The van der Waals surface area contributed by atoms with Crippen LogP contribution in [0.25, 0.3) is 0 Å². The van der Waals surface area contributed by atoms with Crippen molar-refractivity contribution < 1.29 is 19.1 Å². The number of anilines is 1. The minimum Gasteiger partial charge on any atom is -0.457 e. The van der Waals surface area contributed by atoms with E-state index in [1.807, 2.05) is 80.6 Å². The van der Waals surface area contributed by atoms with Crippen LogP contribution in [0.15, 0.2) is 72.8 Å². The first-order chi connectivity index (χ1) is 15.9. The standard InChI is InChI=1S/C26H25N3O4/c1-17-11-12-18(2)22(13-17)27-24(30)16-29-25(31)15-23(28-26(29)32)19-7-6-10-21(14-19)33-20-8-4-3-5-9-20/h3-14,23H,15-16H2,1-2H3,(H,27,30)(H,28,32)/t23-/m0/s1. The lowest BCUT2D eigenvalue weighted by molar-refractivity contribution is -0.133. The number of nitrogens with one attached hydrogen (secondary N) is 2. The van der Waals surface area contributed by atoms with Crippen molar-refractivity contribution in [3.8, 4) is 11.5 Å². The van der Waals surface area contributed by atoms with Gasteiger partial charge in [-0.05, 0) is 60.9 Å². The Morgan fingerprint density at radius 1 is 1.00 bits per heavy atom. The van der Waals surface area contributed by atoms with Crippen molar-refractivity contribution in [1.82, 2.24) is 10.2 Å². The second-order valence-corrected chi connectivity index (χ2v) is 8.04. The van der Waals surface area contributed by atoms with Crippen LogP contribution in [-0.2, 0) is 9.59 Å². The zero-order chi connectivity index (χ0) is 23.4. The van der Waals surface area contributed by atoms with Gasteiger partial charge in [-0.3, -0.25) is 14.5 Å². The highest BCUT2D eigenvalue weighted by atomic mass is 16.5. The lowest BCUT2D eigenvalue weighted by Gasteiger charge is -2.31. The molecule has 4 rings (SSSR count). The number of hydrogen-bond acceptors (Lipinski definition) is 4. The Labute approximate surface area is 192 Å². The summed E-state index contributed by atoms with van der Waals surface area (Å²) in [6.45, 7) is 3.46. The van der Waals surface area contributed by atoms with E-state index >= 15 is 0 Å². The summed E-state index contributed by atoms with van der Waals surface area (Å²) in [5.74, 6) is 0.466. The number of nitrogens with zero attached hydrogens (tertiary/aromatic N) is 1. The van der Waals surface area contributed by atoms with Crippen LogP contribution in [0.4, 0.5) is 10.5 Å². The number of hydrogen-bond donors (Lipinski definition) is 2. The second kappa shape index (κ2) is 9.56. The maximum Gasteiger partial charge on any atom is 0.325 e. The molecule has 1 atom stereocenters. The van der Waals surface area contributed by atoms with Crippen molar-refractivity contribution in [2.45, 2.75) is 26.3 Å². The fourth-order valence-electron chi connectivity index (χ4n) is 3.66. The van der Waals surface area contributed by atoms with E-state index in [9.17, 15) is 14.4 Å². The second-order valence-electron chi connectivity index (χ2n) is 8.04. The van der Waals surface area contributed by atoms with Crippen molar-refractivity contribution in [1.29, 1.82) is 0 Å². The maximum atomic E-state index is 12.7. The fraction of sp³-hybridized carbons (Fsp3) is 0.192. The largest absolute Gasteiger partial charge is 0.457 e. The molecule has 0 radical (unpaired) electrons. The van der Waals surface area contributed by atoms with Gasteiger partial charge >= 0.3 is 6.03 Å². The molecule has 1 fully saturated rings. The Balaban J connectivity index is 1.40. The van der Waals surface area contributed by atoms with Crippen LogP contribution >= 0.6 is 0 Å². The number of para-hydroxylation sites is 1. The minimum absolute atomic E-state index is 0.0529. The van der Waals surface area contributed by atoms with E-state index in [1.165, 1.54) is 0 Å². The van der Waals surface area contributed by atoms with Crippen LogP contribution in [0.1, 0.15) is 29.2 Å². The molecule has 4 amide bonds. The van der Waals surface area contributed by atoms with Crippen LogP contribution in [-0.4, -0.2) is 29.3 Å². The molecule has 168 valence electrons. The predicted octanol–water partition coefficient (Wildman–Crippen LogP) is 4.72. The zero-order valence-corrected chi connectivity index (χ0v) is 18.5. The van der Waals surface area contributed by atoms with Gasteiger partial charge in [0.05, 0.1) is 12.5 Å². The number of carbonyl (C=O) groups is 3. The highest BCUT2D eigenvalue weighted by molar-refractivity contribution is 6.03. The molecule has 7 nitrogen and oxygen atoms in total. The van der Waals surface area contributed by atoms with Gasteiger partial charge < -0.3 is 15.4 Å². The molecule has 0 spiro atoms. The summed E-state index contributed by atoms with van der Waals surface area (Å²) in [6.07, 6.45) is 0.0529. The molecule has 1 saturated heterocycles. The quantitative estimate of drug-likeness (QED) is 0.577. The van der Waals surface area contributed by atoms with Crippen molar-refractivity contribution in [2.75, 3.05) is 11.9 Å². The number of carbonyl (C=O) groups excluding carboxylic acids is 3. The van der Waals surface area contributed by atoms with Gasteiger partial charge in [0.25, 0.3) is 0 Å². The molecule has 33 heavy (non-hydrogen) atoms. The van der Waals surface area contributed by atoms with Gasteiger partial charge in [0, 0.05) is 5.69 Å². The molecule has 1 aliphatic heterocycles.